The molecule has 0 aromatic heterocycles. The van der Waals surface area contributed by atoms with Gasteiger partial charge in [0.25, 0.3) is 0 Å². The van der Waals surface area contributed by atoms with E-state index in [0.29, 0.717) is 5.41 Å². The molecule has 0 bridgehead atoms. The Morgan fingerprint density at radius 1 is 0.911 bits per heavy atom. The van der Waals surface area contributed by atoms with Crippen molar-refractivity contribution in [1.29, 1.82) is 0 Å². The molecule has 0 aliphatic heterocycles. The van der Waals surface area contributed by atoms with Gasteiger partial charge < -0.3 is 5.73 Å². The second-order valence-electron chi connectivity index (χ2n) is 14.1. The van der Waals surface area contributed by atoms with Crippen LogP contribution in [0.15, 0.2) is 91.1 Å². The molecule has 0 saturated heterocycles. The van der Waals surface area contributed by atoms with Gasteiger partial charge in [-0.25, -0.2) is 0 Å². The summed E-state index contributed by atoms with van der Waals surface area (Å²) in [6.45, 7) is 32.0. The molecule has 2 aromatic carbocycles. The minimum atomic E-state index is 0.466. The van der Waals surface area contributed by atoms with Crippen molar-refractivity contribution in [2.24, 2.45) is 29.1 Å². The van der Waals surface area contributed by atoms with Gasteiger partial charge in [-0.05, 0) is 145 Å². The lowest BCUT2D eigenvalue weighted by Crippen LogP contribution is -2.42. The Bertz CT molecular complexity index is 1260. The van der Waals surface area contributed by atoms with Gasteiger partial charge in [0, 0.05) is 5.69 Å². The second kappa shape index (κ2) is 18.4. The summed E-state index contributed by atoms with van der Waals surface area (Å²) in [4.78, 5) is 0. The van der Waals surface area contributed by atoms with Crippen molar-refractivity contribution in [3.8, 4) is 0 Å². The SMILES string of the molecule is C=C/C(=C\C)C(=C)Cc1ccc2c(c1)CCC1C2CCC2(C)C(CC(=C)Cc3ccc(N)cc3)CCC12.CC.CC.CC(C)C. The molecule has 2 aromatic rings. The summed E-state index contributed by atoms with van der Waals surface area (Å²) < 4.78 is 0. The van der Waals surface area contributed by atoms with Crippen LogP contribution in [0.3, 0.4) is 0 Å². The van der Waals surface area contributed by atoms with E-state index in [2.05, 4.69) is 90.8 Å². The summed E-state index contributed by atoms with van der Waals surface area (Å²) >= 11 is 0. The van der Waals surface area contributed by atoms with E-state index in [1.807, 2.05) is 45.9 Å². The van der Waals surface area contributed by atoms with E-state index in [-0.39, 0.29) is 0 Å². The molecule has 0 spiro atoms. The molecular formula is C44H67N. The normalized spacial score (nSPS) is 24.6. The summed E-state index contributed by atoms with van der Waals surface area (Å²) in [6, 6.07) is 15.7. The summed E-state index contributed by atoms with van der Waals surface area (Å²) in [7, 11) is 0. The quantitative estimate of drug-likeness (QED) is 0.180. The highest BCUT2D eigenvalue weighted by molar-refractivity contribution is 5.44. The lowest BCUT2D eigenvalue weighted by molar-refractivity contribution is 0.0284. The average molecular weight is 610 g/mol. The van der Waals surface area contributed by atoms with Gasteiger partial charge in [0.1, 0.15) is 0 Å². The molecule has 1 nitrogen and oxygen atoms in total. The Morgan fingerprint density at radius 3 is 2.13 bits per heavy atom. The average Bonchev–Trinajstić information content (AvgIpc) is 3.36. The zero-order valence-electron chi connectivity index (χ0n) is 30.6. The monoisotopic (exact) mass is 610 g/mol. The maximum atomic E-state index is 5.88. The van der Waals surface area contributed by atoms with Crippen LogP contribution < -0.4 is 5.73 Å². The van der Waals surface area contributed by atoms with Crippen molar-refractivity contribution in [3.05, 3.63) is 113 Å². The lowest BCUT2D eigenvalue weighted by atomic mass is 9.53. The van der Waals surface area contributed by atoms with Crippen molar-refractivity contribution < 1.29 is 0 Å². The molecule has 0 heterocycles. The zero-order valence-corrected chi connectivity index (χ0v) is 30.6. The fraction of sp³-hybridized carbons (Fsp3) is 0.545. The van der Waals surface area contributed by atoms with Crippen molar-refractivity contribution in [3.63, 3.8) is 0 Å². The molecule has 3 aliphatic carbocycles. The maximum Gasteiger partial charge on any atom is 0.0314 e. The first-order valence-corrected chi connectivity index (χ1v) is 18.1. The van der Waals surface area contributed by atoms with E-state index in [9.17, 15) is 0 Å². The van der Waals surface area contributed by atoms with Gasteiger partial charge in [-0.1, -0.05) is 123 Å². The van der Waals surface area contributed by atoms with E-state index >= 15 is 0 Å². The van der Waals surface area contributed by atoms with Gasteiger partial charge in [0.2, 0.25) is 0 Å². The molecule has 2 fully saturated rings. The van der Waals surface area contributed by atoms with Crippen LogP contribution >= 0.6 is 0 Å². The van der Waals surface area contributed by atoms with Gasteiger partial charge in [0.15, 0.2) is 0 Å². The Hall–Kier alpha value is -2.80. The maximum absolute atomic E-state index is 5.88. The van der Waals surface area contributed by atoms with E-state index in [4.69, 9.17) is 5.73 Å². The van der Waals surface area contributed by atoms with E-state index in [0.717, 1.165) is 59.3 Å². The zero-order chi connectivity index (χ0) is 33.7. The highest BCUT2D eigenvalue weighted by Gasteiger charge is 2.54. The lowest BCUT2D eigenvalue weighted by Gasteiger charge is -2.51. The minimum absolute atomic E-state index is 0.466. The van der Waals surface area contributed by atoms with E-state index in [1.54, 1.807) is 11.1 Å². The van der Waals surface area contributed by atoms with Crippen LogP contribution in [-0.4, -0.2) is 0 Å². The Balaban J connectivity index is 0.000000804. The van der Waals surface area contributed by atoms with Gasteiger partial charge >= 0.3 is 0 Å². The molecule has 5 atom stereocenters. The highest BCUT2D eigenvalue weighted by Crippen LogP contribution is 2.64. The van der Waals surface area contributed by atoms with Crippen LogP contribution in [0.1, 0.15) is 129 Å². The van der Waals surface area contributed by atoms with Gasteiger partial charge in [-0.2, -0.15) is 0 Å². The van der Waals surface area contributed by atoms with Crippen LogP contribution in [0.25, 0.3) is 0 Å². The first-order chi connectivity index (χ1) is 21.5. The molecule has 5 unspecified atom stereocenters. The third kappa shape index (κ3) is 9.84. The second-order valence-corrected chi connectivity index (χ2v) is 14.1. The largest absolute Gasteiger partial charge is 0.399 e. The number of nitrogen functional groups attached to an aromatic ring is 1. The molecule has 3 aliphatic rings. The molecule has 248 valence electrons. The number of aryl methyl sites for hydroxylation is 1. The molecule has 2 N–H and O–H groups in total. The summed E-state index contributed by atoms with van der Waals surface area (Å²) in [5.74, 6) is 4.06. The van der Waals surface area contributed by atoms with Crippen LogP contribution in [-0.2, 0) is 19.3 Å². The van der Waals surface area contributed by atoms with Gasteiger partial charge in [0.05, 0.1) is 0 Å². The third-order valence-electron chi connectivity index (χ3n) is 10.3. The molecule has 0 radical (unpaired) electrons. The smallest absolute Gasteiger partial charge is 0.0314 e. The summed E-state index contributed by atoms with van der Waals surface area (Å²) in [6.07, 6.45) is 15.2. The molecule has 5 rings (SSSR count). The first-order valence-electron chi connectivity index (χ1n) is 18.1. The fourth-order valence-corrected chi connectivity index (χ4v) is 8.35. The molecule has 0 amide bonds. The van der Waals surface area contributed by atoms with Crippen LogP contribution in [0.4, 0.5) is 5.69 Å². The molecule has 1 heteroatoms. The highest BCUT2D eigenvalue weighted by atomic mass is 14.6. The number of allylic oxidation sites excluding steroid dienone is 5. The standard InChI is InChI=1S/C36H45N.C4H10.2C2H6/c1-6-28(7-2)25(4)22-27-10-15-32-29(23-27)11-16-34-33(32)18-19-36(5)30(12-17-35(34)36)21-24(3)20-26-8-13-31(37)14-9-26;1-4(2)3;2*1-2/h6-10,13-15,23,30,33-35H,1,3-4,11-12,16-22,37H2,2,5H3;4H,1-3H3;2*1-2H3/b28-7+;;;. The number of rotatable bonds is 8. The van der Waals surface area contributed by atoms with Gasteiger partial charge in [-0.3, -0.25) is 0 Å². The number of hydrogen-bond acceptors (Lipinski definition) is 1. The molecule has 2 saturated carbocycles. The fourth-order valence-electron chi connectivity index (χ4n) is 8.35. The Labute approximate surface area is 279 Å². The predicted octanol–water partition coefficient (Wildman–Crippen LogP) is 12.9. The number of nitrogens with two attached hydrogens (primary N) is 1. The number of anilines is 1. The van der Waals surface area contributed by atoms with Crippen molar-refractivity contribution in [2.45, 2.75) is 126 Å². The minimum Gasteiger partial charge on any atom is -0.399 e. The Morgan fingerprint density at radius 2 is 1.53 bits per heavy atom. The number of fused-ring (bicyclic) bond motifs is 5. The van der Waals surface area contributed by atoms with Crippen molar-refractivity contribution >= 4 is 5.69 Å². The van der Waals surface area contributed by atoms with Crippen molar-refractivity contribution in [2.75, 3.05) is 5.73 Å². The molecule has 45 heavy (non-hydrogen) atoms. The number of hydrogen-bond donors (Lipinski definition) is 1. The number of benzene rings is 2. The van der Waals surface area contributed by atoms with Gasteiger partial charge in [-0.15, -0.1) is 0 Å². The summed E-state index contributed by atoms with van der Waals surface area (Å²) in [5.41, 5.74) is 16.9. The first kappa shape index (κ1) is 38.4. The van der Waals surface area contributed by atoms with Crippen LogP contribution in [0.2, 0.25) is 0 Å². The Kier molecular flexibility index (Phi) is 15.7. The van der Waals surface area contributed by atoms with E-state index < -0.39 is 0 Å². The van der Waals surface area contributed by atoms with Crippen LogP contribution in [0.5, 0.6) is 0 Å². The van der Waals surface area contributed by atoms with Crippen LogP contribution in [0, 0.1) is 29.1 Å². The topological polar surface area (TPSA) is 26.0 Å². The van der Waals surface area contributed by atoms with E-state index in [1.165, 1.54) is 61.6 Å². The van der Waals surface area contributed by atoms with Crippen molar-refractivity contribution in [1.82, 2.24) is 0 Å². The molecular weight excluding hydrogens is 542 g/mol. The predicted molar refractivity (Wildman–Crippen MR) is 203 cm³/mol. The third-order valence-corrected chi connectivity index (χ3v) is 10.3. The summed E-state index contributed by atoms with van der Waals surface area (Å²) in [5, 5.41) is 0.